The highest BCUT2D eigenvalue weighted by molar-refractivity contribution is 6.36. The topological polar surface area (TPSA) is 68.3 Å². The van der Waals surface area contributed by atoms with E-state index in [1.54, 1.807) is 0 Å². The van der Waals surface area contributed by atoms with E-state index < -0.39 is 23.8 Å². The molecule has 1 aromatic heterocycles. The molecule has 5 nitrogen and oxygen atoms in total. The molecule has 0 saturated heterocycles. The fraction of sp³-hybridized carbons (Fsp3) is 0.133. The van der Waals surface area contributed by atoms with Crippen LogP contribution < -0.4 is 5.32 Å². The Morgan fingerprint density at radius 2 is 1.91 bits per heavy atom. The Labute approximate surface area is 141 Å². The van der Waals surface area contributed by atoms with Crippen molar-refractivity contribution in [1.82, 2.24) is 4.98 Å². The zero-order valence-electron chi connectivity index (χ0n) is 11.8. The van der Waals surface area contributed by atoms with Crippen LogP contribution in [0.1, 0.15) is 17.3 Å². The number of carbonyl (C=O) groups is 2. The van der Waals surface area contributed by atoms with Gasteiger partial charge in [-0.05, 0) is 37.3 Å². The fourth-order valence-corrected chi connectivity index (χ4v) is 2.02. The van der Waals surface area contributed by atoms with E-state index in [0.717, 1.165) is 12.1 Å². The molecule has 1 amide bonds. The third-order valence-electron chi connectivity index (χ3n) is 2.78. The van der Waals surface area contributed by atoms with Gasteiger partial charge >= 0.3 is 5.97 Å². The van der Waals surface area contributed by atoms with Crippen molar-refractivity contribution in [2.75, 3.05) is 5.32 Å². The van der Waals surface area contributed by atoms with Crippen LogP contribution in [0.5, 0.6) is 0 Å². The number of nitrogens with zero attached hydrogens (tertiary/aromatic N) is 1. The number of hydrogen-bond donors (Lipinski definition) is 1. The first kappa shape index (κ1) is 17.2. The molecule has 2 aromatic rings. The zero-order valence-corrected chi connectivity index (χ0v) is 13.4. The van der Waals surface area contributed by atoms with Gasteiger partial charge in [-0.15, -0.1) is 0 Å². The predicted octanol–water partition coefficient (Wildman–Crippen LogP) is 3.71. The third kappa shape index (κ3) is 4.64. The largest absolute Gasteiger partial charge is 0.449 e. The summed E-state index contributed by atoms with van der Waals surface area (Å²) in [6.45, 7) is 1.39. The molecule has 2 rings (SSSR count). The maximum atomic E-state index is 12.8. The number of pyridine rings is 1. The minimum atomic E-state index is -1.10. The average Bonchev–Trinajstić information content (AvgIpc) is 2.50. The molecule has 0 aliphatic heterocycles. The van der Waals surface area contributed by atoms with Crippen LogP contribution in [-0.2, 0) is 9.53 Å². The van der Waals surface area contributed by atoms with Crippen molar-refractivity contribution in [2.45, 2.75) is 13.0 Å². The smallest absolute Gasteiger partial charge is 0.338 e. The number of rotatable bonds is 4. The average molecular weight is 357 g/mol. The summed E-state index contributed by atoms with van der Waals surface area (Å²) in [6, 6.07) is 6.19. The molecule has 0 fully saturated rings. The van der Waals surface area contributed by atoms with E-state index in [2.05, 4.69) is 10.3 Å². The Morgan fingerprint density at radius 1 is 1.26 bits per heavy atom. The highest BCUT2D eigenvalue weighted by Gasteiger charge is 2.20. The van der Waals surface area contributed by atoms with Crippen molar-refractivity contribution in [1.29, 1.82) is 0 Å². The van der Waals surface area contributed by atoms with Crippen LogP contribution in [0.3, 0.4) is 0 Å². The summed E-state index contributed by atoms with van der Waals surface area (Å²) < 4.78 is 17.8. The predicted molar refractivity (Wildman–Crippen MR) is 84.2 cm³/mol. The Balaban J connectivity index is 1.99. The quantitative estimate of drug-likeness (QED) is 0.847. The number of ether oxygens (including phenoxy) is 1. The number of amides is 1. The van der Waals surface area contributed by atoms with Gasteiger partial charge in [-0.3, -0.25) is 4.79 Å². The van der Waals surface area contributed by atoms with E-state index in [1.807, 2.05) is 0 Å². The molecule has 23 heavy (non-hydrogen) atoms. The number of carbonyl (C=O) groups excluding carboxylic acids is 2. The summed E-state index contributed by atoms with van der Waals surface area (Å²) in [5.41, 5.74) is 0.133. The molecule has 0 saturated carbocycles. The lowest BCUT2D eigenvalue weighted by Gasteiger charge is -2.13. The van der Waals surface area contributed by atoms with E-state index in [4.69, 9.17) is 27.9 Å². The fourth-order valence-electron chi connectivity index (χ4n) is 1.59. The van der Waals surface area contributed by atoms with Crippen molar-refractivity contribution in [2.24, 2.45) is 0 Å². The molecule has 1 N–H and O–H groups in total. The van der Waals surface area contributed by atoms with Gasteiger partial charge in [0, 0.05) is 6.20 Å². The van der Waals surface area contributed by atoms with Crippen molar-refractivity contribution in [3.05, 3.63) is 58.0 Å². The van der Waals surface area contributed by atoms with Gasteiger partial charge in [-0.2, -0.15) is 0 Å². The lowest BCUT2D eigenvalue weighted by Crippen LogP contribution is -2.30. The summed E-state index contributed by atoms with van der Waals surface area (Å²) in [5.74, 6) is -1.73. The molecule has 0 spiro atoms. The van der Waals surface area contributed by atoms with E-state index in [1.165, 1.54) is 31.3 Å². The molecule has 0 aliphatic rings. The van der Waals surface area contributed by atoms with Crippen LogP contribution in [0.4, 0.5) is 10.2 Å². The van der Waals surface area contributed by atoms with Gasteiger partial charge in [-0.1, -0.05) is 23.2 Å². The number of halogens is 3. The number of hydrogen-bond acceptors (Lipinski definition) is 4. The van der Waals surface area contributed by atoms with Gasteiger partial charge in [0.2, 0.25) is 0 Å². The Hall–Kier alpha value is -2.18. The molecule has 1 heterocycles. The molecule has 8 heteroatoms. The molecule has 0 radical (unpaired) electrons. The van der Waals surface area contributed by atoms with Crippen molar-refractivity contribution < 1.29 is 18.7 Å². The molecular weight excluding hydrogens is 346 g/mol. The minimum Gasteiger partial charge on any atom is -0.449 e. The lowest BCUT2D eigenvalue weighted by atomic mass is 10.2. The number of esters is 1. The number of aromatic nitrogens is 1. The first-order chi connectivity index (χ1) is 10.9. The van der Waals surface area contributed by atoms with Gasteiger partial charge in [0.15, 0.2) is 11.9 Å². The highest BCUT2D eigenvalue weighted by Crippen LogP contribution is 2.22. The molecule has 120 valence electrons. The second-order valence-corrected chi connectivity index (χ2v) is 5.37. The normalized spacial score (nSPS) is 11.7. The summed E-state index contributed by atoms with van der Waals surface area (Å²) in [5, 5.41) is 2.90. The van der Waals surface area contributed by atoms with E-state index in [0.29, 0.717) is 5.02 Å². The molecule has 1 aromatic carbocycles. The van der Waals surface area contributed by atoms with Crippen molar-refractivity contribution in [3.63, 3.8) is 0 Å². The van der Waals surface area contributed by atoms with Crippen LogP contribution in [0.15, 0.2) is 36.5 Å². The van der Waals surface area contributed by atoms with E-state index in [-0.39, 0.29) is 16.4 Å². The van der Waals surface area contributed by atoms with Gasteiger partial charge < -0.3 is 10.1 Å². The maximum absolute atomic E-state index is 12.8. The Morgan fingerprint density at radius 3 is 2.52 bits per heavy atom. The number of benzene rings is 1. The number of nitrogens with one attached hydrogen (secondary N) is 1. The summed E-state index contributed by atoms with van der Waals surface area (Å²) in [7, 11) is 0. The summed E-state index contributed by atoms with van der Waals surface area (Å²) in [6.07, 6.45) is 0.221. The minimum absolute atomic E-state index is 0.103. The molecule has 1 atom stereocenters. The first-order valence-corrected chi connectivity index (χ1v) is 7.21. The van der Waals surface area contributed by atoms with Crippen LogP contribution in [0, 0.1) is 5.82 Å². The van der Waals surface area contributed by atoms with Crippen LogP contribution in [0.2, 0.25) is 10.0 Å². The van der Waals surface area contributed by atoms with E-state index in [9.17, 15) is 14.0 Å². The van der Waals surface area contributed by atoms with Crippen molar-refractivity contribution in [3.8, 4) is 0 Å². The monoisotopic (exact) mass is 356 g/mol. The SMILES string of the molecule is C[C@@H](OC(=O)c1ccc(F)cc1)C(=O)Nc1ncc(Cl)cc1Cl. The standard InChI is InChI=1S/C15H11Cl2FN2O3/c1-8(23-15(22)9-2-4-11(18)5-3-9)14(21)20-13-12(17)6-10(16)7-19-13/h2-8H,1H3,(H,19,20,21)/t8-/m1/s1. The van der Waals surface area contributed by atoms with Crippen LogP contribution in [0.25, 0.3) is 0 Å². The third-order valence-corrected chi connectivity index (χ3v) is 3.28. The summed E-state index contributed by atoms with van der Waals surface area (Å²) >= 11 is 11.6. The second-order valence-electron chi connectivity index (χ2n) is 4.53. The molecule has 0 bridgehead atoms. The second kappa shape index (κ2) is 7.39. The highest BCUT2D eigenvalue weighted by atomic mass is 35.5. The van der Waals surface area contributed by atoms with Crippen molar-refractivity contribution >= 4 is 40.9 Å². The Bertz CT molecular complexity index is 738. The van der Waals surface area contributed by atoms with Gasteiger partial charge in [-0.25, -0.2) is 14.2 Å². The van der Waals surface area contributed by atoms with Crippen LogP contribution in [-0.4, -0.2) is 23.0 Å². The first-order valence-electron chi connectivity index (χ1n) is 6.45. The maximum Gasteiger partial charge on any atom is 0.338 e. The summed E-state index contributed by atoms with van der Waals surface area (Å²) in [4.78, 5) is 27.7. The molecular formula is C15H11Cl2FN2O3. The molecule has 0 unspecified atom stereocenters. The van der Waals surface area contributed by atoms with Gasteiger partial charge in [0.05, 0.1) is 15.6 Å². The van der Waals surface area contributed by atoms with Crippen LogP contribution >= 0.6 is 23.2 Å². The van der Waals surface area contributed by atoms with Gasteiger partial charge in [0.25, 0.3) is 5.91 Å². The lowest BCUT2D eigenvalue weighted by molar-refractivity contribution is -0.123. The Kier molecular flexibility index (Phi) is 5.52. The molecule has 0 aliphatic carbocycles. The van der Waals surface area contributed by atoms with E-state index >= 15 is 0 Å². The number of anilines is 1. The zero-order chi connectivity index (χ0) is 17.0. The van der Waals surface area contributed by atoms with Gasteiger partial charge in [0.1, 0.15) is 5.82 Å².